The summed E-state index contributed by atoms with van der Waals surface area (Å²) < 4.78 is 27.4. The summed E-state index contributed by atoms with van der Waals surface area (Å²) in [4.78, 5) is 12.3. The first-order valence-electron chi connectivity index (χ1n) is 8.30. The number of hydrogen-bond acceptors (Lipinski definition) is 7. The lowest BCUT2D eigenvalue weighted by molar-refractivity contribution is -0.384. The van der Waals surface area contributed by atoms with Gasteiger partial charge in [0.1, 0.15) is 5.25 Å². The minimum absolute atomic E-state index is 0.0502. The van der Waals surface area contributed by atoms with Crippen molar-refractivity contribution in [2.45, 2.75) is 31.2 Å². The van der Waals surface area contributed by atoms with E-state index in [0.29, 0.717) is 26.2 Å². The van der Waals surface area contributed by atoms with Crippen molar-refractivity contribution in [3.05, 3.63) is 34.4 Å². The summed E-state index contributed by atoms with van der Waals surface area (Å²) in [5.74, 6) is 0. The first kappa shape index (κ1) is 18.1. The highest BCUT2D eigenvalue weighted by Crippen LogP contribution is 2.24. The minimum Gasteiger partial charge on any atom is -0.369 e. The van der Waals surface area contributed by atoms with Crippen LogP contribution < -0.4 is 15.8 Å². The van der Waals surface area contributed by atoms with Crippen LogP contribution in [-0.2, 0) is 10.0 Å². The number of benzene rings is 1. The molecule has 1 aromatic carbocycles. The van der Waals surface area contributed by atoms with Gasteiger partial charge in [0.15, 0.2) is 0 Å². The van der Waals surface area contributed by atoms with E-state index in [-0.39, 0.29) is 17.8 Å². The van der Waals surface area contributed by atoms with E-state index >= 15 is 0 Å². The Morgan fingerprint density at radius 2 is 1.56 bits per heavy atom. The molecule has 1 aromatic rings. The van der Waals surface area contributed by atoms with Gasteiger partial charge in [-0.25, -0.2) is 8.42 Å². The van der Waals surface area contributed by atoms with Crippen molar-refractivity contribution in [3.8, 4) is 0 Å². The third-order valence-corrected chi connectivity index (χ3v) is 7.48. The molecule has 2 saturated heterocycles. The van der Waals surface area contributed by atoms with Gasteiger partial charge in [-0.3, -0.25) is 21.0 Å². The normalized spacial score (nSPS) is 28.2. The van der Waals surface area contributed by atoms with Crippen LogP contribution in [-0.4, -0.2) is 61.2 Å². The number of hydrogen-bond donors (Lipinski definition) is 2. The number of nitro benzene ring substituents is 1. The van der Waals surface area contributed by atoms with Crippen LogP contribution in [0, 0.1) is 10.1 Å². The molecule has 2 unspecified atom stereocenters. The highest BCUT2D eigenvalue weighted by atomic mass is 32.2. The third kappa shape index (κ3) is 3.47. The molecule has 2 heterocycles. The molecule has 9 nitrogen and oxygen atoms in total. The molecule has 10 heteroatoms. The van der Waals surface area contributed by atoms with E-state index in [1.54, 1.807) is 16.4 Å². The second-order valence-electron chi connectivity index (χ2n) is 6.54. The minimum atomic E-state index is -3.39. The fraction of sp³-hybridized carbons (Fsp3) is 0.600. The smallest absolute Gasteiger partial charge is 0.269 e. The first-order valence-corrected chi connectivity index (χ1v) is 9.80. The standard InChI is InChI=1S/C15H23N5O4S/c1-11-15(12(2)17-16-11)25(23,24)19-9-7-18(8-10-19)13-3-5-14(6-4-13)20(21)22/h3-6,11-12,15-17H,7-10H2,1-2H3. The predicted molar refractivity (Wildman–Crippen MR) is 94.8 cm³/mol. The maximum Gasteiger partial charge on any atom is 0.269 e. The van der Waals surface area contributed by atoms with Gasteiger partial charge in [-0.2, -0.15) is 4.31 Å². The molecule has 0 bridgehead atoms. The Hall–Kier alpha value is -1.75. The van der Waals surface area contributed by atoms with Gasteiger partial charge in [-0.15, -0.1) is 0 Å². The van der Waals surface area contributed by atoms with Gasteiger partial charge in [-0.05, 0) is 26.0 Å². The number of hydrazine groups is 1. The van der Waals surface area contributed by atoms with Crippen molar-refractivity contribution in [1.29, 1.82) is 0 Å². The lowest BCUT2D eigenvalue weighted by Gasteiger charge is -2.37. The molecule has 0 radical (unpaired) electrons. The van der Waals surface area contributed by atoms with Gasteiger partial charge in [0.2, 0.25) is 10.0 Å². The van der Waals surface area contributed by atoms with E-state index in [1.165, 1.54) is 12.1 Å². The quantitative estimate of drug-likeness (QED) is 0.580. The largest absolute Gasteiger partial charge is 0.369 e. The molecule has 3 rings (SSSR count). The number of sulfonamides is 1. The number of nitrogens with zero attached hydrogens (tertiary/aromatic N) is 3. The number of non-ortho nitro benzene ring substituents is 1. The summed E-state index contributed by atoms with van der Waals surface area (Å²) in [7, 11) is -3.39. The van der Waals surface area contributed by atoms with Crippen LogP contribution in [0.25, 0.3) is 0 Å². The summed E-state index contributed by atoms with van der Waals surface area (Å²) in [5.41, 5.74) is 6.90. The predicted octanol–water partition coefficient (Wildman–Crippen LogP) is 0.300. The Kier molecular flexibility index (Phi) is 4.96. The van der Waals surface area contributed by atoms with Gasteiger partial charge in [0, 0.05) is 56.1 Å². The SMILES string of the molecule is CC1NNC(C)C1S(=O)(=O)N1CCN(c2ccc([N+](=O)[O-])cc2)CC1. The lowest BCUT2D eigenvalue weighted by atomic mass is 10.2. The molecule has 25 heavy (non-hydrogen) atoms. The Labute approximate surface area is 147 Å². The molecule has 2 aliphatic rings. The Bertz CT molecular complexity index is 721. The summed E-state index contributed by atoms with van der Waals surface area (Å²) >= 11 is 0. The van der Waals surface area contributed by atoms with E-state index in [1.807, 2.05) is 18.7 Å². The Balaban J connectivity index is 1.66. The highest BCUT2D eigenvalue weighted by Gasteiger charge is 2.44. The van der Waals surface area contributed by atoms with Gasteiger partial charge in [0.05, 0.1) is 4.92 Å². The molecule has 2 fully saturated rings. The van der Waals surface area contributed by atoms with E-state index < -0.39 is 20.2 Å². The van der Waals surface area contributed by atoms with Gasteiger partial charge in [-0.1, -0.05) is 0 Å². The van der Waals surface area contributed by atoms with Crippen molar-refractivity contribution in [2.24, 2.45) is 0 Å². The first-order chi connectivity index (χ1) is 11.8. The molecule has 2 N–H and O–H groups in total. The zero-order chi connectivity index (χ0) is 18.2. The van der Waals surface area contributed by atoms with E-state index in [0.717, 1.165) is 5.69 Å². The van der Waals surface area contributed by atoms with Gasteiger partial charge >= 0.3 is 0 Å². The van der Waals surface area contributed by atoms with Crippen LogP contribution in [0.4, 0.5) is 11.4 Å². The number of piperazine rings is 1. The highest BCUT2D eigenvalue weighted by molar-refractivity contribution is 7.89. The van der Waals surface area contributed by atoms with Crippen LogP contribution in [0.2, 0.25) is 0 Å². The summed E-state index contributed by atoms with van der Waals surface area (Å²) in [6.07, 6.45) is 0. The van der Waals surface area contributed by atoms with Gasteiger partial charge < -0.3 is 4.90 Å². The molecular weight excluding hydrogens is 346 g/mol. The molecule has 0 aliphatic carbocycles. The summed E-state index contributed by atoms with van der Waals surface area (Å²) in [5, 5.41) is 10.2. The molecule has 0 spiro atoms. The van der Waals surface area contributed by atoms with Gasteiger partial charge in [0.25, 0.3) is 5.69 Å². The molecule has 0 amide bonds. The Morgan fingerprint density at radius 1 is 1.04 bits per heavy atom. The molecule has 138 valence electrons. The zero-order valence-electron chi connectivity index (χ0n) is 14.3. The number of anilines is 1. The number of rotatable bonds is 4. The van der Waals surface area contributed by atoms with E-state index in [9.17, 15) is 18.5 Å². The lowest BCUT2D eigenvalue weighted by Crippen LogP contribution is -2.54. The maximum absolute atomic E-state index is 12.9. The van der Waals surface area contributed by atoms with Crippen LogP contribution >= 0.6 is 0 Å². The van der Waals surface area contributed by atoms with Crippen LogP contribution in [0.1, 0.15) is 13.8 Å². The van der Waals surface area contributed by atoms with E-state index in [2.05, 4.69) is 10.9 Å². The van der Waals surface area contributed by atoms with Crippen LogP contribution in [0.5, 0.6) is 0 Å². The van der Waals surface area contributed by atoms with Crippen molar-refractivity contribution in [1.82, 2.24) is 15.2 Å². The fourth-order valence-corrected chi connectivity index (χ4v) is 5.72. The fourth-order valence-electron chi connectivity index (χ4n) is 3.53. The zero-order valence-corrected chi connectivity index (χ0v) is 15.1. The van der Waals surface area contributed by atoms with Crippen molar-refractivity contribution in [3.63, 3.8) is 0 Å². The summed E-state index contributed by atoms with van der Waals surface area (Å²) in [6.45, 7) is 5.68. The second kappa shape index (κ2) is 6.87. The average molecular weight is 369 g/mol. The van der Waals surface area contributed by atoms with Crippen molar-refractivity contribution < 1.29 is 13.3 Å². The second-order valence-corrected chi connectivity index (χ2v) is 8.63. The molecular formula is C15H23N5O4S. The Morgan fingerprint density at radius 3 is 2.04 bits per heavy atom. The van der Waals surface area contributed by atoms with E-state index in [4.69, 9.17) is 0 Å². The topological polar surface area (TPSA) is 108 Å². The van der Waals surface area contributed by atoms with Crippen molar-refractivity contribution in [2.75, 3.05) is 31.1 Å². The third-order valence-electron chi connectivity index (χ3n) is 4.89. The maximum atomic E-state index is 12.9. The molecule has 0 aromatic heterocycles. The number of nitrogens with one attached hydrogen (secondary N) is 2. The molecule has 2 aliphatic heterocycles. The monoisotopic (exact) mass is 369 g/mol. The number of nitro groups is 1. The van der Waals surface area contributed by atoms with Crippen molar-refractivity contribution >= 4 is 21.4 Å². The van der Waals surface area contributed by atoms with Crippen LogP contribution in [0.15, 0.2) is 24.3 Å². The average Bonchev–Trinajstić information content (AvgIpc) is 2.94. The molecule has 2 atom stereocenters. The molecule has 0 saturated carbocycles. The summed E-state index contributed by atoms with van der Waals surface area (Å²) in [6, 6.07) is 6.06. The van der Waals surface area contributed by atoms with Crippen LogP contribution in [0.3, 0.4) is 0 Å².